The lowest BCUT2D eigenvalue weighted by atomic mass is 10.2. The lowest BCUT2D eigenvalue weighted by Crippen LogP contribution is -2.20. The molecule has 112 valence electrons. The molecule has 0 aliphatic carbocycles. The maximum Gasteiger partial charge on any atom is 0.170 e. The normalized spacial score (nSPS) is 11.6. The number of amidine groups is 1. The zero-order chi connectivity index (χ0) is 15.1. The maximum atomic E-state index is 8.58. The Morgan fingerprint density at radius 2 is 2.10 bits per heavy atom. The summed E-state index contributed by atoms with van der Waals surface area (Å²) in [4.78, 5) is 1.36. The number of rotatable bonds is 7. The van der Waals surface area contributed by atoms with Crippen LogP contribution in [0.1, 0.15) is 16.0 Å². The summed E-state index contributed by atoms with van der Waals surface area (Å²) in [7, 11) is 0. The summed E-state index contributed by atoms with van der Waals surface area (Å²) in [5.41, 5.74) is 7.48. The van der Waals surface area contributed by atoms with E-state index in [0.29, 0.717) is 12.2 Å². The van der Waals surface area contributed by atoms with Crippen molar-refractivity contribution in [2.45, 2.75) is 13.5 Å². The van der Waals surface area contributed by atoms with Crippen molar-refractivity contribution in [3.05, 3.63) is 51.7 Å². The molecule has 0 amide bonds. The van der Waals surface area contributed by atoms with Gasteiger partial charge in [-0.05, 0) is 48.2 Å². The molecule has 0 spiro atoms. The summed E-state index contributed by atoms with van der Waals surface area (Å²) in [5, 5.41) is 17.0. The van der Waals surface area contributed by atoms with Crippen molar-refractivity contribution >= 4 is 17.2 Å². The van der Waals surface area contributed by atoms with E-state index in [-0.39, 0.29) is 5.84 Å². The molecule has 4 N–H and O–H groups in total. The Kier molecular flexibility index (Phi) is 5.59. The lowest BCUT2D eigenvalue weighted by Gasteiger charge is -2.08. The highest BCUT2D eigenvalue weighted by Gasteiger charge is 2.01. The Morgan fingerprint density at radius 1 is 1.33 bits per heavy atom. The van der Waals surface area contributed by atoms with Crippen LogP contribution in [0, 0.1) is 6.92 Å². The Hall–Kier alpha value is -2.05. The van der Waals surface area contributed by atoms with Crippen molar-refractivity contribution in [3.63, 3.8) is 0 Å². The molecule has 21 heavy (non-hydrogen) atoms. The highest BCUT2D eigenvalue weighted by atomic mass is 32.1. The fourth-order valence-corrected chi connectivity index (χ4v) is 2.68. The summed E-state index contributed by atoms with van der Waals surface area (Å²) in [6.45, 7) is 4.36. The molecule has 6 heteroatoms. The summed E-state index contributed by atoms with van der Waals surface area (Å²) in [6.07, 6.45) is 0. The summed E-state index contributed by atoms with van der Waals surface area (Å²) >= 11 is 1.76. The third-order valence-corrected chi connectivity index (χ3v) is 4.08. The molecule has 0 atom stereocenters. The molecule has 0 radical (unpaired) electrons. The van der Waals surface area contributed by atoms with E-state index in [1.165, 1.54) is 10.4 Å². The number of nitrogens with two attached hydrogens (primary N) is 1. The van der Waals surface area contributed by atoms with Crippen LogP contribution >= 0.6 is 11.3 Å². The highest BCUT2D eigenvalue weighted by molar-refractivity contribution is 7.10. The highest BCUT2D eigenvalue weighted by Crippen LogP contribution is 2.15. The maximum absolute atomic E-state index is 8.58. The van der Waals surface area contributed by atoms with E-state index in [9.17, 15) is 0 Å². The van der Waals surface area contributed by atoms with Gasteiger partial charge in [0, 0.05) is 23.5 Å². The Bertz CT molecular complexity index is 593. The van der Waals surface area contributed by atoms with Crippen molar-refractivity contribution < 1.29 is 9.94 Å². The Labute approximate surface area is 128 Å². The molecule has 0 aliphatic heterocycles. The van der Waals surface area contributed by atoms with E-state index in [1.807, 2.05) is 0 Å². The number of nitrogens with zero attached hydrogens (tertiary/aromatic N) is 1. The van der Waals surface area contributed by atoms with Gasteiger partial charge in [0.05, 0.1) is 0 Å². The number of hydrogen-bond acceptors (Lipinski definition) is 5. The molecule has 2 aromatic rings. The van der Waals surface area contributed by atoms with Crippen LogP contribution in [0.25, 0.3) is 0 Å². The Morgan fingerprint density at radius 3 is 2.71 bits per heavy atom. The van der Waals surface area contributed by atoms with Crippen LogP contribution < -0.4 is 15.8 Å². The third kappa shape index (κ3) is 4.47. The van der Waals surface area contributed by atoms with E-state index in [0.717, 1.165) is 18.8 Å². The van der Waals surface area contributed by atoms with E-state index in [4.69, 9.17) is 15.7 Å². The topological polar surface area (TPSA) is 79.9 Å². The average molecular weight is 305 g/mol. The molecule has 1 aromatic heterocycles. The van der Waals surface area contributed by atoms with Gasteiger partial charge in [0.1, 0.15) is 12.4 Å². The second-order valence-corrected chi connectivity index (χ2v) is 5.56. The van der Waals surface area contributed by atoms with Crippen LogP contribution in [-0.2, 0) is 6.54 Å². The predicted octanol–water partition coefficient (Wildman–Crippen LogP) is 2.32. The Balaban J connectivity index is 1.70. The number of hydrogen-bond donors (Lipinski definition) is 3. The average Bonchev–Trinajstić information content (AvgIpc) is 2.92. The van der Waals surface area contributed by atoms with Crippen molar-refractivity contribution in [3.8, 4) is 5.75 Å². The van der Waals surface area contributed by atoms with Crippen LogP contribution in [0.4, 0.5) is 0 Å². The summed E-state index contributed by atoms with van der Waals surface area (Å²) < 4.78 is 5.62. The van der Waals surface area contributed by atoms with Gasteiger partial charge in [-0.3, -0.25) is 0 Å². The van der Waals surface area contributed by atoms with Crippen molar-refractivity contribution in [1.82, 2.24) is 5.32 Å². The van der Waals surface area contributed by atoms with Gasteiger partial charge in [0.2, 0.25) is 0 Å². The largest absolute Gasteiger partial charge is 0.492 e. The van der Waals surface area contributed by atoms with Gasteiger partial charge in [-0.2, -0.15) is 0 Å². The number of nitrogens with one attached hydrogen (secondary N) is 1. The first kappa shape index (κ1) is 15.3. The first-order valence-electron chi connectivity index (χ1n) is 6.65. The van der Waals surface area contributed by atoms with E-state index >= 15 is 0 Å². The zero-order valence-electron chi connectivity index (χ0n) is 11.9. The zero-order valence-corrected chi connectivity index (χ0v) is 12.7. The van der Waals surface area contributed by atoms with E-state index in [2.05, 4.69) is 28.8 Å². The second kappa shape index (κ2) is 7.66. The first-order chi connectivity index (χ1) is 10.2. The van der Waals surface area contributed by atoms with Crippen LogP contribution in [-0.4, -0.2) is 24.2 Å². The van der Waals surface area contributed by atoms with Gasteiger partial charge in [-0.1, -0.05) is 5.16 Å². The van der Waals surface area contributed by atoms with Gasteiger partial charge < -0.3 is 21.0 Å². The van der Waals surface area contributed by atoms with Crippen molar-refractivity contribution in [2.75, 3.05) is 13.2 Å². The smallest absolute Gasteiger partial charge is 0.170 e. The quantitative estimate of drug-likeness (QED) is 0.241. The van der Waals surface area contributed by atoms with E-state index in [1.54, 1.807) is 35.6 Å². The molecule has 0 aliphatic rings. The van der Waals surface area contributed by atoms with Gasteiger partial charge in [-0.25, -0.2) is 0 Å². The predicted molar refractivity (Wildman–Crippen MR) is 85.2 cm³/mol. The second-order valence-electron chi connectivity index (χ2n) is 4.56. The first-order valence-corrected chi connectivity index (χ1v) is 7.53. The fourth-order valence-electron chi connectivity index (χ4n) is 1.81. The minimum absolute atomic E-state index is 0.0922. The lowest BCUT2D eigenvalue weighted by molar-refractivity contribution is 0.313. The van der Waals surface area contributed by atoms with Crippen molar-refractivity contribution in [2.24, 2.45) is 10.9 Å². The van der Waals surface area contributed by atoms with Gasteiger partial charge >= 0.3 is 0 Å². The van der Waals surface area contributed by atoms with E-state index < -0.39 is 0 Å². The number of thiophene rings is 1. The molecule has 0 unspecified atom stereocenters. The van der Waals surface area contributed by atoms with Gasteiger partial charge in [-0.15, -0.1) is 11.3 Å². The van der Waals surface area contributed by atoms with Crippen LogP contribution in [0.2, 0.25) is 0 Å². The van der Waals surface area contributed by atoms with Gasteiger partial charge in [0.15, 0.2) is 5.84 Å². The van der Waals surface area contributed by atoms with Crippen LogP contribution in [0.5, 0.6) is 5.75 Å². The summed E-state index contributed by atoms with van der Waals surface area (Å²) in [5.74, 6) is 0.855. The SMILES string of the molecule is Cc1ccsc1CNCCOc1ccc(/C(N)=N/O)cc1. The molecular weight excluding hydrogens is 286 g/mol. The molecule has 0 fully saturated rings. The third-order valence-electron chi connectivity index (χ3n) is 3.06. The van der Waals surface area contributed by atoms with Crippen LogP contribution in [0.15, 0.2) is 40.9 Å². The molecule has 0 saturated carbocycles. The monoisotopic (exact) mass is 305 g/mol. The molecule has 2 rings (SSSR count). The number of aryl methyl sites for hydroxylation is 1. The number of ether oxygens (including phenoxy) is 1. The molecule has 0 saturated heterocycles. The van der Waals surface area contributed by atoms with Gasteiger partial charge in [0.25, 0.3) is 0 Å². The molecule has 1 aromatic carbocycles. The minimum Gasteiger partial charge on any atom is -0.492 e. The van der Waals surface area contributed by atoms with Crippen LogP contribution in [0.3, 0.4) is 0 Å². The van der Waals surface area contributed by atoms with Crippen molar-refractivity contribution in [1.29, 1.82) is 0 Å². The minimum atomic E-state index is 0.0922. The fraction of sp³-hybridized carbons (Fsp3) is 0.267. The molecular formula is C15H19N3O2S. The number of benzene rings is 1. The summed E-state index contributed by atoms with van der Waals surface area (Å²) in [6, 6.07) is 9.24. The molecule has 1 heterocycles. The molecule has 5 nitrogen and oxygen atoms in total. The number of oxime groups is 1. The molecule has 0 bridgehead atoms. The standard InChI is InChI=1S/C15H19N3O2S/c1-11-6-9-21-14(11)10-17-7-8-20-13-4-2-12(3-5-13)15(16)18-19/h2-6,9,17,19H,7-8,10H2,1H3,(H2,16,18).